The van der Waals surface area contributed by atoms with E-state index in [4.69, 9.17) is 14.9 Å². The monoisotopic (exact) mass is 556 g/mol. The van der Waals surface area contributed by atoms with Gasteiger partial charge in [-0.1, -0.05) is 47.5 Å². The van der Waals surface area contributed by atoms with E-state index >= 15 is 0 Å². The summed E-state index contributed by atoms with van der Waals surface area (Å²) < 4.78 is 34.1. The number of amides is 1. The summed E-state index contributed by atoms with van der Waals surface area (Å²) in [7, 11) is 0. The number of aromatic nitrogens is 2. The smallest absolute Gasteiger partial charge is 0.475 e. The van der Waals surface area contributed by atoms with Crippen LogP contribution in [0.5, 0.6) is 0 Å². The predicted octanol–water partition coefficient (Wildman–Crippen LogP) is 5.66. The Hall–Kier alpha value is -3.66. The lowest BCUT2D eigenvalue weighted by Gasteiger charge is -2.50. The Labute approximate surface area is 232 Å². The number of hydrogen-bond acceptors (Lipinski definition) is 4. The third kappa shape index (κ3) is 6.22. The number of imidazole rings is 1. The molecule has 0 radical (unpaired) electrons. The van der Waals surface area contributed by atoms with Crippen LogP contribution in [0, 0.1) is 13.8 Å². The Kier molecular flexibility index (Phi) is 8.39. The van der Waals surface area contributed by atoms with Crippen LogP contribution in [0.4, 0.5) is 13.2 Å². The molecule has 1 aromatic heterocycles. The van der Waals surface area contributed by atoms with Crippen LogP contribution >= 0.6 is 0 Å². The van der Waals surface area contributed by atoms with Gasteiger partial charge in [0.25, 0.3) is 5.91 Å². The van der Waals surface area contributed by atoms with E-state index in [0.29, 0.717) is 6.04 Å². The molecule has 2 aromatic carbocycles. The van der Waals surface area contributed by atoms with Gasteiger partial charge in [-0.3, -0.25) is 9.69 Å². The summed E-state index contributed by atoms with van der Waals surface area (Å²) in [5, 5.41) is 7.12. The first-order valence-corrected chi connectivity index (χ1v) is 13.3. The average Bonchev–Trinajstić information content (AvgIpc) is 3.33. The van der Waals surface area contributed by atoms with Crippen LogP contribution in [-0.2, 0) is 16.9 Å². The number of carboxylic acids is 1. The quantitative estimate of drug-likeness (QED) is 0.451. The first-order valence-electron chi connectivity index (χ1n) is 13.3. The number of aliphatic carboxylic acids is 1. The molecule has 1 amide bonds. The number of alkyl halides is 3. The molecule has 1 unspecified atom stereocenters. The molecule has 5 rings (SSSR count). The van der Waals surface area contributed by atoms with Gasteiger partial charge in [0.05, 0.1) is 23.3 Å². The van der Waals surface area contributed by atoms with Gasteiger partial charge in [-0.2, -0.15) is 13.2 Å². The van der Waals surface area contributed by atoms with Crippen molar-refractivity contribution < 1.29 is 27.9 Å². The number of likely N-dealkylation sites (tertiary alicyclic amines) is 1. The molecule has 0 saturated carbocycles. The zero-order valence-corrected chi connectivity index (χ0v) is 23.2. The number of benzene rings is 2. The fraction of sp³-hybridized carbons (Fsp3) is 0.433. The van der Waals surface area contributed by atoms with E-state index in [-0.39, 0.29) is 11.4 Å². The maximum atomic E-state index is 13.6. The van der Waals surface area contributed by atoms with Crippen LogP contribution in [0.3, 0.4) is 0 Å². The summed E-state index contributed by atoms with van der Waals surface area (Å²) in [6.45, 7) is 12.0. The normalized spacial score (nSPS) is 19.2. The molecule has 1 N–H and O–H groups in total. The molecule has 1 saturated heterocycles. The number of halogens is 3. The first kappa shape index (κ1) is 29.3. The molecule has 1 fully saturated rings. The third-order valence-corrected chi connectivity index (χ3v) is 7.56. The number of carbonyl (C=O) groups excluding carboxylic acids is 1. The van der Waals surface area contributed by atoms with Gasteiger partial charge in [0.2, 0.25) is 0 Å². The molecule has 1 atom stereocenters. The zero-order valence-electron chi connectivity index (χ0n) is 23.2. The highest BCUT2D eigenvalue weighted by Gasteiger charge is 2.45. The maximum Gasteiger partial charge on any atom is 0.490 e. The molecule has 3 heterocycles. The van der Waals surface area contributed by atoms with Crippen molar-refractivity contribution in [3.8, 4) is 11.3 Å². The van der Waals surface area contributed by atoms with E-state index in [9.17, 15) is 18.0 Å². The van der Waals surface area contributed by atoms with Crippen molar-refractivity contribution in [2.45, 2.75) is 64.8 Å². The Morgan fingerprint density at radius 1 is 1.02 bits per heavy atom. The molecule has 3 aromatic rings. The largest absolute Gasteiger partial charge is 0.490 e. The zero-order chi connectivity index (χ0) is 29.2. The molecule has 214 valence electrons. The fourth-order valence-electron chi connectivity index (χ4n) is 5.73. The summed E-state index contributed by atoms with van der Waals surface area (Å²) in [6, 6.07) is 17.1. The van der Waals surface area contributed by atoms with Gasteiger partial charge in [0.1, 0.15) is 0 Å². The summed E-state index contributed by atoms with van der Waals surface area (Å²) in [5.41, 5.74) is 6.42. The number of nitrogens with zero attached hydrogens (tertiary/aromatic N) is 4. The number of carboxylic acid groups (broad SMARTS) is 1. The second-order valence-corrected chi connectivity index (χ2v) is 11.0. The molecule has 1 spiro atoms. The average molecular weight is 557 g/mol. The van der Waals surface area contributed by atoms with Crippen LogP contribution < -0.4 is 0 Å². The number of carbonyl (C=O) groups is 2. The van der Waals surface area contributed by atoms with Crippen LogP contribution in [0.25, 0.3) is 11.3 Å². The van der Waals surface area contributed by atoms with Crippen molar-refractivity contribution in [2.75, 3.05) is 19.6 Å². The lowest BCUT2D eigenvalue weighted by molar-refractivity contribution is -0.192. The van der Waals surface area contributed by atoms with Crippen molar-refractivity contribution in [1.29, 1.82) is 0 Å². The minimum absolute atomic E-state index is 0.146. The van der Waals surface area contributed by atoms with Gasteiger partial charge in [0, 0.05) is 43.3 Å². The summed E-state index contributed by atoms with van der Waals surface area (Å²) in [4.78, 5) is 32.0. The number of aryl methyl sites for hydroxylation is 2. The van der Waals surface area contributed by atoms with Crippen LogP contribution in [0.1, 0.15) is 53.9 Å². The number of fused-ring (bicyclic) bond motifs is 2. The maximum absolute atomic E-state index is 13.6. The Bertz CT molecular complexity index is 1350. The topological polar surface area (TPSA) is 78.7 Å². The molecule has 10 heteroatoms. The lowest BCUT2D eigenvalue weighted by Crippen LogP contribution is -2.60. The predicted molar refractivity (Wildman–Crippen MR) is 146 cm³/mol. The standard InChI is InChI=1S/C28H34N4O.C2HF3O2/c1-20(2)31-16-25-26(23-9-6-5-7-10-23)29-19-32(25)28(18-31)11-8-12-30(17-28)27(33)24-14-21(3)13-22(4)15-24;3-2(4,5)1(6)7/h5-7,9-10,13-15,19-20H,8,11-12,16-18H2,1-4H3;(H,6,7). The Morgan fingerprint density at radius 3 is 2.23 bits per heavy atom. The van der Waals surface area contributed by atoms with Crippen molar-refractivity contribution in [1.82, 2.24) is 19.4 Å². The van der Waals surface area contributed by atoms with Crippen LogP contribution in [-0.4, -0.2) is 68.2 Å². The van der Waals surface area contributed by atoms with Gasteiger partial charge >= 0.3 is 12.1 Å². The number of hydrogen-bond donors (Lipinski definition) is 1. The van der Waals surface area contributed by atoms with E-state index in [2.05, 4.69) is 72.4 Å². The summed E-state index contributed by atoms with van der Waals surface area (Å²) >= 11 is 0. The SMILES string of the molecule is Cc1cc(C)cc(C(=O)N2CCCC3(C2)CN(C(C)C)Cc2c(-c4ccccc4)ncn23)c1.O=C(O)C(F)(F)F. The molecular formula is C30H35F3N4O3. The molecule has 2 aliphatic rings. The van der Waals surface area contributed by atoms with E-state index in [1.807, 2.05) is 24.5 Å². The number of piperidine rings is 1. The van der Waals surface area contributed by atoms with Crippen molar-refractivity contribution in [3.63, 3.8) is 0 Å². The van der Waals surface area contributed by atoms with E-state index in [1.54, 1.807) is 0 Å². The highest BCUT2D eigenvalue weighted by molar-refractivity contribution is 5.94. The van der Waals surface area contributed by atoms with E-state index < -0.39 is 12.1 Å². The van der Waals surface area contributed by atoms with Gasteiger partial charge in [-0.25, -0.2) is 9.78 Å². The molecule has 2 aliphatic heterocycles. The number of rotatable bonds is 3. The minimum atomic E-state index is -5.08. The molecular weight excluding hydrogens is 521 g/mol. The van der Waals surface area contributed by atoms with E-state index in [0.717, 1.165) is 67.0 Å². The van der Waals surface area contributed by atoms with Crippen molar-refractivity contribution >= 4 is 11.9 Å². The van der Waals surface area contributed by atoms with Crippen LogP contribution in [0.2, 0.25) is 0 Å². The Balaban J connectivity index is 0.000000470. The summed E-state index contributed by atoms with van der Waals surface area (Å²) in [6.07, 6.45) is -0.995. The molecule has 7 nitrogen and oxygen atoms in total. The second kappa shape index (κ2) is 11.4. The first-order chi connectivity index (χ1) is 18.8. The molecule has 0 aliphatic carbocycles. The fourth-order valence-corrected chi connectivity index (χ4v) is 5.73. The van der Waals surface area contributed by atoms with Gasteiger partial charge in [-0.05, 0) is 52.7 Å². The van der Waals surface area contributed by atoms with Crippen molar-refractivity contribution in [3.05, 3.63) is 77.2 Å². The van der Waals surface area contributed by atoms with Gasteiger partial charge in [-0.15, -0.1) is 0 Å². The molecule has 0 bridgehead atoms. The van der Waals surface area contributed by atoms with Crippen molar-refractivity contribution in [2.24, 2.45) is 0 Å². The second-order valence-electron chi connectivity index (χ2n) is 11.0. The van der Waals surface area contributed by atoms with Gasteiger partial charge in [0.15, 0.2) is 0 Å². The highest BCUT2D eigenvalue weighted by Crippen LogP contribution is 2.39. The Morgan fingerprint density at radius 2 is 1.65 bits per heavy atom. The van der Waals surface area contributed by atoms with Crippen LogP contribution in [0.15, 0.2) is 54.9 Å². The third-order valence-electron chi connectivity index (χ3n) is 7.56. The van der Waals surface area contributed by atoms with Gasteiger partial charge < -0.3 is 14.6 Å². The molecule has 40 heavy (non-hydrogen) atoms. The lowest BCUT2D eigenvalue weighted by atomic mass is 9.85. The highest BCUT2D eigenvalue weighted by atomic mass is 19.4. The van der Waals surface area contributed by atoms with E-state index in [1.165, 1.54) is 5.69 Å². The minimum Gasteiger partial charge on any atom is -0.475 e. The summed E-state index contributed by atoms with van der Waals surface area (Å²) in [5.74, 6) is -2.61.